The first-order valence-electron chi connectivity index (χ1n) is 7.90. The van der Waals surface area contributed by atoms with Crippen molar-refractivity contribution in [1.82, 2.24) is 5.32 Å². The monoisotopic (exact) mass is 273 g/mol. The molecule has 1 N–H and O–H groups in total. The van der Waals surface area contributed by atoms with Crippen LogP contribution >= 0.6 is 0 Å². The van der Waals surface area contributed by atoms with Gasteiger partial charge in [-0.1, -0.05) is 38.1 Å². The Morgan fingerprint density at radius 1 is 1.20 bits per heavy atom. The number of ether oxygens (including phenoxy) is 1. The summed E-state index contributed by atoms with van der Waals surface area (Å²) in [7, 11) is 1.76. The van der Waals surface area contributed by atoms with Crippen molar-refractivity contribution in [1.29, 1.82) is 0 Å². The number of nitrogens with one attached hydrogen (secondary N) is 1. The van der Waals surface area contributed by atoms with Gasteiger partial charge in [0, 0.05) is 19.1 Å². The van der Waals surface area contributed by atoms with Crippen molar-refractivity contribution in [3.05, 3.63) is 35.4 Å². The molecule has 0 radical (unpaired) electrons. The van der Waals surface area contributed by atoms with Gasteiger partial charge in [-0.3, -0.25) is 0 Å². The lowest BCUT2D eigenvalue weighted by atomic mass is 9.66. The van der Waals surface area contributed by atoms with Crippen LogP contribution in [-0.2, 0) is 15.6 Å². The molecule has 0 amide bonds. The van der Waals surface area contributed by atoms with Gasteiger partial charge in [0.15, 0.2) is 0 Å². The summed E-state index contributed by atoms with van der Waals surface area (Å²) >= 11 is 0. The van der Waals surface area contributed by atoms with Crippen molar-refractivity contribution < 1.29 is 4.74 Å². The number of rotatable bonds is 5. The molecule has 0 aliphatic heterocycles. The second-order valence-electron chi connectivity index (χ2n) is 7.18. The summed E-state index contributed by atoms with van der Waals surface area (Å²) in [4.78, 5) is 0. The zero-order valence-electron chi connectivity index (χ0n) is 13.0. The van der Waals surface area contributed by atoms with Crippen LogP contribution in [0.15, 0.2) is 24.3 Å². The van der Waals surface area contributed by atoms with Crippen LogP contribution in [0.1, 0.15) is 44.2 Å². The summed E-state index contributed by atoms with van der Waals surface area (Å²) in [6.45, 7) is 7.71. The maximum Gasteiger partial charge on any atom is 0.0587 e. The van der Waals surface area contributed by atoms with E-state index in [1.165, 1.54) is 19.3 Å². The van der Waals surface area contributed by atoms with E-state index < -0.39 is 0 Å². The van der Waals surface area contributed by atoms with Crippen LogP contribution in [0, 0.1) is 5.92 Å². The minimum absolute atomic E-state index is 0.346. The van der Waals surface area contributed by atoms with Gasteiger partial charge >= 0.3 is 0 Å². The molecule has 2 unspecified atom stereocenters. The molecule has 1 saturated carbocycles. The lowest BCUT2D eigenvalue weighted by Gasteiger charge is -2.38. The summed E-state index contributed by atoms with van der Waals surface area (Å²) in [5.74, 6) is 0.816. The zero-order valence-corrected chi connectivity index (χ0v) is 13.0. The van der Waals surface area contributed by atoms with Crippen LogP contribution in [0.3, 0.4) is 0 Å². The van der Waals surface area contributed by atoms with E-state index in [-0.39, 0.29) is 0 Å². The van der Waals surface area contributed by atoms with E-state index in [9.17, 15) is 0 Å². The molecule has 2 atom stereocenters. The summed E-state index contributed by atoms with van der Waals surface area (Å²) in [5.41, 5.74) is 4.05. The molecular formula is C18H27NO. The highest BCUT2D eigenvalue weighted by atomic mass is 16.5. The normalized spacial score (nSPS) is 30.2. The van der Waals surface area contributed by atoms with Crippen molar-refractivity contribution in [2.24, 2.45) is 5.92 Å². The van der Waals surface area contributed by atoms with Crippen molar-refractivity contribution >= 4 is 0 Å². The molecule has 0 bridgehead atoms. The van der Waals surface area contributed by atoms with Crippen LogP contribution < -0.4 is 5.32 Å². The number of benzene rings is 1. The second-order valence-corrected chi connectivity index (χ2v) is 7.18. The molecule has 1 aromatic rings. The predicted octanol–water partition coefficient (Wildman–Crippen LogP) is 3.25. The van der Waals surface area contributed by atoms with Gasteiger partial charge in [0.05, 0.1) is 6.61 Å². The Kier molecular flexibility index (Phi) is 3.64. The largest absolute Gasteiger partial charge is 0.383 e. The fourth-order valence-electron chi connectivity index (χ4n) is 4.05. The molecule has 1 spiro atoms. The molecule has 2 heteroatoms. The Hall–Kier alpha value is -0.860. The van der Waals surface area contributed by atoms with Crippen LogP contribution in [0.4, 0.5) is 0 Å². The Bertz CT molecular complexity index is 482. The first-order valence-corrected chi connectivity index (χ1v) is 7.90. The smallest absolute Gasteiger partial charge is 0.0587 e. The van der Waals surface area contributed by atoms with Crippen molar-refractivity contribution in [3.8, 4) is 0 Å². The molecular weight excluding hydrogens is 246 g/mol. The molecule has 1 fully saturated rings. The third-order valence-corrected chi connectivity index (χ3v) is 5.49. The van der Waals surface area contributed by atoms with Crippen LogP contribution in [0.25, 0.3) is 0 Å². The molecule has 20 heavy (non-hydrogen) atoms. The highest BCUT2D eigenvalue weighted by molar-refractivity contribution is 5.46. The number of hydrogen-bond donors (Lipinski definition) is 1. The van der Waals surface area contributed by atoms with E-state index in [0.717, 1.165) is 25.6 Å². The van der Waals surface area contributed by atoms with E-state index in [1.54, 1.807) is 18.2 Å². The van der Waals surface area contributed by atoms with Crippen molar-refractivity contribution in [3.63, 3.8) is 0 Å². The van der Waals surface area contributed by atoms with Gasteiger partial charge in [0.25, 0.3) is 0 Å². The lowest BCUT2D eigenvalue weighted by molar-refractivity contribution is 0.198. The molecule has 2 nitrogen and oxygen atoms in total. The zero-order chi connectivity index (χ0) is 14.2. The van der Waals surface area contributed by atoms with Crippen LogP contribution in [-0.4, -0.2) is 26.8 Å². The summed E-state index contributed by atoms with van der Waals surface area (Å²) in [5, 5.41) is 3.55. The van der Waals surface area contributed by atoms with Crippen molar-refractivity contribution in [2.45, 2.75) is 43.9 Å². The van der Waals surface area contributed by atoms with Gasteiger partial charge in [-0.2, -0.15) is 0 Å². The predicted molar refractivity (Wildman–Crippen MR) is 83.2 cm³/mol. The molecule has 0 heterocycles. The molecule has 0 saturated heterocycles. The lowest BCUT2D eigenvalue weighted by Crippen LogP contribution is -2.32. The maximum absolute atomic E-state index is 5.10. The average molecular weight is 273 g/mol. The van der Waals surface area contributed by atoms with Crippen molar-refractivity contribution in [2.75, 3.05) is 26.8 Å². The first-order chi connectivity index (χ1) is 9.60. The number of fused-ring (bicyclic) bond motifs is 2. The third kappa shape index (κ3) is 2.29. The van der Waals surface area contributed by atoms with E-state index in [2.05, 4.69) is 43.4 Å². The summed E-state index contributed by atoms with van der Waals surface area (Å²) < 4.78 is 5.10. The van der Waals surface area contributed by atoms with E-state index in [1.807, 2.05) is 0 Å². The van der Waals surface area contributed by atoms with E-state index in [0.29, 0.717) is 10.8 Å². The Morgan fingerprint density at radius 3 is 2.70 bits per heavy atom. The van der Waals surface area contributed by atoms with Crippen LogP contribution in [0.2, 0.25) is 0 Å². The molecule has 110 valence electrons. The first kappa shape index (κ1) is 14.1. The average Bonchev–Trinajstić information content (AvgIpc) is 3.15. The highest BCUT2D eigenvalue weighted by Gasteiger charge is 2.57. The van der Waals surface area contributed by atoms with Gasteiger partial charge in [-0.25, -0.2) is 0 Å². The molecule has 2 aliphatic rings. The Labute approximate surface area is 122 Å². The summed E-state index contributed by atoms with van der Waals surface area (Å²) in [6, 6.07) is 9.15. The van der Waals surface area contributed by atoms with E-state index >= 15 is 0 Å². The van der Waals surface area contributed by atoms with Gasteiger partial charge < -0.3 is 10.1 Å². The number of hydrogen-bond acceptors (Lipinski definition) is 2. The minimum atomic E-state index is 0.346. The fourth-order valence-corrected chi connectivity index (χ4v) is 4.05. The van der Waals surface area contributed by atoms with Crippen LogP contribution in [0.5, 0.6) is 0 Å². The number of methoxy groups -OCH3 is 1. The quantitative estimate of drug-likeness (QED) is 0.832. The molecule has 0 aromatic heterocycles. The standard InChI is InChI=1S/C18H27NO/c1-17(2)8-9-18(16-7-5-4-6-15(16)17)12-14(18)13-19-10-11-20-3/h4-7,14,19H,8-13H2,1-3H3. The third-order valence-electron chi connectivity index (χ3n) is 5.49. The fraction of sp³-hybridized carbons (Fsp3) is 0.667. The maximum atomic E-state index is 5.10. The topological polar surface area (TPSA) is 21.3 Å². The SMILES string of the molecule is COCCNCC1CC12CCC(C)(C)c1ccccc12. The highest BCUT2D eigenvalue weighted by Crippen LogP contribution is 2.62. The van der Waals surface area contributed by atoms with E-state index in [4.69, 9.17) is 4.74 Å². The van der Waals surface area contributed by atoms with Gasteiger partial charge in [-0.15, -0.1) is 0 Å². The Balaban J connectivity index is 1.74. The molecule has 1 aromatic carbocycles. The van der Waals surface area contributed by atoms with Gasteiger partial charge in [-0.05, 0) is 48.3 Å². The summed E-state index contributed by atoms with van der Waals surface area (Å²) in [6.07, 6.45) is 4.03. The second kappa shape index (κ2) is 5.16. The molecule has 2 aliphatic carbocycles. The molecule has 3 rings (SSSR count). The minimum Gasteiger partial charge on any atom is -0.383 e. The van der Waals surface area contributed by atoms with Gasteiger partial charge in [0.1, 0.15) is 0 Å². The Morgan fingerprint density at radius 2 is 1.95 bits per heavy atom. The van der Waals surface area contributed by atoms with Gasteiger partial charge in [0.2, 0.25) is 0 Å².